The number of rotatable bonds is 42. The number of imidazole rings is 2. The van der Waals surface area contributed by atoms with Gasteiger partial charge in [-0.15, -0.1) is 0 Å². The van der Waals surface area contributed by atoms with Gasteiger partial charge in [-0.05, 0) is 68.9 Å². The van der Waals surface area contributed by atoms with E-state index in [1.54, 1.807) is 72.0 Å². The van der Waals surface area contributed by atoms with Crippen molar-refractivity contribution in [2.45, 2.75) is 186 Å². The Morgan fingerprint density at radius 2 is 0.898 bits per heavy atom. The van der Waals surface area contributed by atoms with Crippen LogP contribution in [0.5, 0.6) is 0 Å². The van der Waals surface area contributed by atoms with Crippen LogP contribution < -0.4 is 64.2 Å². The van der Waals surface area contributed by atoms with Crippen LogP contribution in [0.2, 0.25) is 0 Å². The largest absolute Gasteiger partial charge is 0.481 e. The SMILES string of the molecule is CC(C)C[C@H](NC(=O)[C@H](C)NC(=O)[C@H](Cc1cnc[nH]1)NC(=O)[C@@H](NC(=O)[C@H](CC(C)C)NC(=O)[C@H](CC(=O)O)NC(=O)[C@H](CO)NC(=O)[C@@H](N)CCC(=O)O)[C@@H](C)O)C(=O)N[C@@H](Cc1cnc[nH]1)C(=O)N[C@@H](Cc1c[nH]c2ccccc12)C(=O)N[C@@H](CC(C)C)C(=O)NCC(=O)O. The average molecular weight is 1380 g/mol. The fraction of sp³-hybridized carbons (Fsp3) is 0.548. The Balaban J connectivity index is 1.55. The highest BCUT2D eigenvalue weighted by Gasteiger charge is 2.38. The van der Waals surface area contributed by atoms with Gasteiger partial charge in [0.15, 0.2) is 0 Å². The number of benzene rings is 1. The first-order valence-corrected chi connectivity index (χ1v) is 31.7. The van der Waals surface area contributed by atoms with E-state index in [9.17, 15) is 87.5 Å². The molecule has 4 rings (SSSR count). The zero-order chi connectivity index (χ0) is 73.1. The Kier molecular flexibility index (Phi) is 31.9. The maximum absolute atomic E-state index is 14.7. The predicted octanol–water partition coefficient (Wildman–Crippen LogP) is -4.11. The second-order valence-corrected chi connectivity index (χ2v) is 24.9. The molecule has 0 radical (unpaired) electrons. The van der Waals surface area contributed by atoms with Gasteiger partial charge in [0, 0.05) is 66.6 Å². The Morgan fingerprint density at radius 3 is 1.38 bits per heavy atom. The zero-order valence-corrected chi connectivity index (χ0v) is 55.6. The van der Waals surface area contributed by atoms with E-state index in [0.29, 0.717) is 22.2 Å². The van der Waals surface area contributed by atoms with Gasteiger partial charge < -0.3 is 105 Å². The summed E-state index contributed by atoms with van der Waals surface area (Å²) < 4.78 is 0. The van der Waals surface area contributed by atoms with Crippen molar-refractivity contribution in [2.24, 2.45) is 23.5 Å². The smallest absolute Gasteiger partial charge is 0.322 e. The summed E-state index contributed by atoms with van der Waals surface area (Å²) in [4.78, 5) is 204. The molecule has 0 aliphatic heterocycles. The summed E-state index contributed by atoms with van der Waals surface area (Å²) in [5.74, 6) is -16.2. The van der Waals surface area contributed by atoms with Crippen molar-refractivity contribution in [1.29, 1.82) is 0 Å². The van der Waals surface area contributed by atoms with Crippen molar-refractivity contribution in [3.05, 3.63) is 72.5 Å². The third-order valence-corrected chi connectivity index (χ3v) is 15.0. The number of aromatic nitrogens is 5. The molecular weight excluding hydrogens is 1290 g/mol. The number of carbonyl (C=O) groups excluding carboxylic acids is 11. The molecule has 1 aromatic carbocycles. The van der Waals surface area contributed by atoms with E-state index in [1.807, 2.05) is 0 Å². The first kappa shape index (κ1) is 80.1. The number of carboxylic acid groups (broad SMARTS) is 3. The van der Waals surface area contributed by atoms with Crippen molar-refractivity contribution in [3.8, 4) is 0 Å². The highest BCUT2D eigenvalue weighted by atomic mass is 16.4. The van der Waals surface area contributed by atoms with Gasteiger partial charge in [-0.25, -0.2) is 9.97 Å². The van der Waals surface area contributed by atoms with E-state index in [0.717, 1.165) is 6.92 Å². The Hall–Kier alpha value is -10.4. The maximum Gasteiger partial charge on any atom is 0.322 e. The molecule has 11 amide bonds. The lowest BCUT2D eigenvalue weighted by Gasteiger charge is -2.29. The number of aliphatic hydroxyl groups excluding tert-OH is 2. The van der Waals surface area contributed by atoms with Crippen LogP contribution in [0, 0.1) is 17.8 Å². The number of carboxylic acids is 3. The standard InChI is InChI=1S/C62H91N17O19/c1-29(2)15-40(54(90)67-25-50(86)87)72-57(93)43(18-34-22-66-39-12-10-9-11-37(34)39)74-58(94)45(20-36-24-65-28-69-36)75-56(92)41(16-30(3)4)71-52(88)32(7)70-55(91)44(19-35-23-64-27-68-35)77-62(98)51(33(8)81)79-60(96)42(17-31(5)6)73-59(95)46(21-49(84)85)76-61(97)47(26-80)78-53(89)38(63)13-14-48(82)83/h9-12,22-24,27-33,38,40-47,51,66,80-81H,13-21,25-26,63H2,1-8H3,(H,64,68)(H,65,69)(H,67,90)(H,70,91)(H,71,88)(H,72,93)(H,73,95)(H,74,94)(H,75,92)(H,76,97)(H,77,98)(H,78,89)(H,79,96)(H,82,83)(H,84,85)(H,86,87)/t32-,33+,38-,40-,41-,42-,43-,44-,45-,46-,47-,51-/m0/s1. The molecule has 36 heteroatoms. The fourth-order valence-electron chi connectivity index (χ4n) is 10.0. The minimum Gasteiger partial charge on any atom is -0.481 e. The summed E-state index contributed by atoms with van der Waals surface area (Å²) in [6.07, 6.45) is 2.45. The molecule has 0 aliphatic carbocycles. The minimum atomic E-state index is -1.96. The topological polar surface area (TPSA) is 572 Å². The summed E-state index contributed by atoms with van der Waals surface area (Å²) in [6, 6.07) is -10.1. The van der Waals surface area contributed by atoms with E-state index >= 15 is 0 Å². The van der Waals surface area contributed by atoms with Crippen LogP contribution >= 0.6 is 0 Å². The second-order valence-electron chi connectivity index (χ2n) is 24.9. The number of aliphatic carboxylic acids is 3. The average Bonchev–Trinajstić information content (AvgIpc) is 1.48. The number of hydrogen-bond acceptors (Lipinski definition) is 19. The van der Waals surface area contributed by atoms with Gasteiger partial charge in [0.25, 0.3) is 0 Å². The van der Waals surface area contributed by atoms with Crippen molar-refractivity contribution in [3.63, 3.8) is 0 Å². The molecule has 0 saturated carbocycles. The molecule has 12 atom stereocenters. The van der Waals surface area contributed by atoms with Crippen molar-refractivity contribution in [1.82, 2.24) is 83.4 Å². The summed E-state index contributed by atoms with van der Waals surface area (Å²) in [5.41, 5.74) is 7.65. The van der Waals surface area contributed by atoms with Crippen LogP contribution in [0.4, 0.5) is 0 Å². The molecule has 538 valence electrons. The molecule has 3 heterocycles. The van der Waals surface area contributed by atoms with Crippen LogP contribution in [0.1, 0.15) is 111 Å². The van der Waals surface area contributed by atoms with Gasteiger partial charge >= 0.3 is 17.9 Å². The van der Waals surface area contributed by atoms with Gasteiger partial charge in [0.2, 0.25) is 65.0 Å². The number of H-pyrrole nitrogens is 3. The van der Waals surface area contributed by atoms with E-state index in [-0.39, 0.29) is 62.5 Å². The number of nitrogens with zero attached hydrogens (tertiary/aromatic N) is 2. The summed E-state index contributed by atoms with van der Waals surface area (Å²) in [7, 11) is 0. The number of amides is 11. The number of carbonyl (C=O) groups is 14. The summed E-state index contributed by atoms with van der Waals surface area (Å²) in [5, 5.41) is 76.3. The number of aliphatic hydroxyl groups is 2. The maximum atomic E-state index is 14.7. The molecule has 21 N–H and O–H groups in total. The Labute approximate surface area is 562 Å². The van der Waals surface area contributed by atoms with Crippen LogP contribution in [-0.2, 0) is 86.4 Å². The molecule has 0 fully saturated rings. The van der Waals surface area contributed by atoms with Crippen LogP contribution in [0.25, 0.3) is 10.9 Å². The first-order chi connectivity index (χ1) is 46.1. The minimum absolute atomic E-state index is 0.0304. The number of nitrogens with one attached hydrogen (secondary N) is 14. The van der Waals surface area contributed by atoms with Crippen LogP contribution in [0.3, 0.4) is 0 Å². The van der Waals surface area contributed by atoms with Crippen molar-refractivity contribution >= 4 is 93.8 Å². The van der Waals surface area contributed by atoms with E-state index < -0.39 is 187 Å². The van der Waals surface area contributed by atoms with E-state index in [4.69, 9.17) is 10.8 Å². The molecule has 4 aromatic rings. The number of para-hydroxylation sites is 1. The number of hydrogen-bond donors (Lipinski definition) is 20. The first-order valence-electron chi connectivity index (χ1n) is 31.7. The van der Waals surface area contributed by atoms with Crippen molar-refractivity contribution < 1.29 is 92.7 Å². The lowest BCUT2D eigenvalue weighted by atomic mass is 10.00. The Bertz CT molecular complexity index is 3390. The molecule has 0 spiro atoms. The highest BCUT2D eigenvalue weighted by Crippen LogP contribution is 2.20. The highest BCUT2D eigenvalue weighted by molar-refractivity contribution is 6.00. The van der Waals surface area contributed by atoms with Crippen molar-refractivity contribution in [2.75, 3.05) is 13.2 Å². The molecule has 0 unspecified atom stereocenters. The lowest BCUT2D eigenvalue weighted by molar-refractivity contribution is -0.142. The number of nitrogens with two attached hydrogens (primary N) is 1. The normalized spacial score (nSPS) is 15.0. The van der Waals surface area contributed by atoms with Gasteiger partial charge in [-0.3, -0.25) is 67.1 Å². The molecular formula is C62H91N17O19. The molecule has 36 nitrogen and oxygen atoms in total. The van der Waals surface area contributed by atoms with Gasteiger partial charge in [-0.1, -0.05) is 59.7 Å². The monoisotopic (exact) mass is 1380 g/mol. The predicted molar refractivity (Wildman–Crippen MR) is 346 cm³/mol. The Morgan fingerprint density at radius 1 is 0.469 bits per heavy atom. The van der Waals surface area contributed by atoms with Gasteiger partial charge in [0.1, 0.15) is 67.0 Å². The van der Waals surface area contributed by atoms with E-state index in [2.05, 4.69) is 83.4 Å². The third kappa shape index (κ3) is 26.7. The molecule has 0 saturated heterocycles. The lowest BCUT2D eigenvalue weighted by Crippen LogP contribution is -2.62. The summed E-state index contributed by atoms with van der Waals surface area (Å²) >= 11 is 0. The molecule has 3 aromatic heterocycles. The van der Waals surface area contributed by atoms with Crippen LogP contribution in [-0.4, -0.2) is 219 Å². The number of aromatic amines is 3. The van der Waals surface area contributed by atoms with Gasteiger partial charge in [0.05, 0.1) is 37.8 Å². The quantitative estimate of drug-likeness (QED) is 0.0200. The third-order valence-electron chi connectivity index (χ3n) is 15.0. The molecule has 0 bridgehead atoms. The summed E-state index contributed by atoms with van der Waals surface area (Å²) in [6.45, 7) is 10.9. The molecule has 0 aliphatic rings. The van der Waals surface area contributed by atoms with E-state index in [1.165, 1.54) is 32.0 Å². The number of fused-ring (bicyclic) bond motifs is 1. The second kappa shape index (κ2) is 39.0. The van der Waals surface area contributed by atoms with Gasteiger partial charge in [-0.2, -0.15) is 0 Å². The van der Waals surface area contributed by atoms with Crippen LogP contribution in [0.15, 0.2) is 55.5 Å². The zero-order valence-electron chi connectivity index (χ0n) is 55.6. The fourth-order valence-corrected chi connectivity index (χ4v) is 10.0. The molecule has 98 heavy (non-hydrogen) atoms.